The Bertz CT molecular complexity index is 342. The van der Waals surface area contributed by atoms with Crippen LogP contribution in [0.1, 0.15) is 44.8 Å². The normalized spacial score (nSPS) is 17.5. The molecule has 0 saturated heterocycles. The lowest BCUT2D eigenvalue weighted by molar-refractivity contribution is 0.159. The van der Waals surface area contributed by atoms with Crippen LogP contribution in [0.3, 0.4) is 0 Å². The molecule has 88 valence electrons. The lowest BCUT2D eigenvalue weighted by Crippen LogP contribution is -2.06. The van der Waals surface area contributed by atoms with Gasteiger partial charge in [-0.2, -0.15) is 0 Å². The molecule has 1 aromatic carbocycles. The van der Waals surface area contributed by atoms with Gasteiger partial charge in [0.25, 0.3) is 0 Å². The fraction of sp³-hybridized carbons (Fsp3) is 0.571. The van der Waals surface area contributed by atoms with Gasteiger partial charge < -0.3 is 9.84 Å². The maximum absolute atomic E-state index is 10.0. The van der Waals surface area contributed by atoms with Gasteiger partial charge in [-0.15, -0.1) is 0 Å². The van der Waals surface area contributed by atoms with Crippen molar-refractivity contribution in [1.29, 1.82) is 0 Å². The minimum Gasteiger partial charge on any atom is -0.491 e. The van der Waals surface area contributed by atoms with E-state index in [9.17, 15) is 5.11 Å². The number of ether oxygens (including phenoxy) is 1. The quantitative estimate of drug-likeness (QED) is 0.825. The van der Waals surface area contributed by atoms with E-state index in [1.165, 1.54) is 12.8 Å². The maximum Gasteiger partial charge on any atom is 0.120 e. The van der Waals surface area contributed by atoms with Crippen molar-refractivity contribution in [3.05, 3.63) is 29.8 Å². The molecule has 0 bridgehead atoms. The van der Waals surface area contributed by atoms with Gasteiger partial charge in [-0.1, -0.05) is 25.0 Å². The van der Waals surface area contributed by atoms with Crippen molar-refractivity contribution >= 4 is 0 Å². The fourth-order valence-electron chi connectivity index (χ4n) is 1.87. The van der Waals surface area contributed by atoms with Gasteiger partial charge in [-0.3, -0.25) is 0 Å². The number of aliphatic hydroxyl groups excluding tert-OH is 1. The SMILES string of the molecule is CC(C)Oc1cccc(C(O)CC2CC2)c1. The van der Waals surface area contributed by atoms with E-state index in [2.05, 4.69) is 0 Å². The highest BCUT2D eigenvalue weighted by Gasteiger charge is 2.25. The summed E-state index contributed by atoms with van der Waals surface area (Å²) in [5.74, 6) is 1.59. The fourth-order valence-corrected chi connectivity index (χ4v) is 1.87. The average Bonchev–Trinajstić information content (AvgIpc) is 3.01. The van der Waals surface area contributed by atoms with E-state index in [0.717, 1.165) is 23.7 Å². The summed E-state index contributed by atoms with van der Waals surface area (Å²) in [5.41, 5.74) is 0.977. The lowest BCUT2D eigenvalue weighted by atomic mass is 10.0. The van der Waals surface area contributed by atoms with Crippen molar-refractivity contribution in [3.8, 4) is 5.75 Å². The van der Waals surface area contributed by atoms with E-state index in [0.29, 0.717) is 0 Å². The Morgan fingerprint density at radius 2 is 2.12 bits per heavy atom. The molecule has 1 aliphatic rings. The minimum absolute atomic E-state index is 0.177. The largest absolute Gasteiger partial charge is 0.491 e. The molecule has 0 spiro atoms. The Morgan fingerprint density at radius 1 is 1.38 bits per heavy atom. The summed E-state index contributed by atoms with van der Waals surface area (Å²) in [6.45, 7) is 4.01. The van der Waals surface area contributed by atoms with Gasteiger partial charge in [0.2, 0.25) is 0 Å². The second-order valence-electron chi connectivity index (χ2n) is 4.93. The summed E-state index contributed by atoms with van der Waals surface area (Å²) >= 11 is 0. The predicted octanol–water partition coefficient (Wildman–Crippen LogP) is 3.31. The summed E-state index contributed by atoms with van der Waals surface area (Å²) in [6, 6.07) is 7.81. The molecule has 1 fully saturated rings. The van der Waals surface area contributed by atoms with Crippen molar-refractivity contribution in [3.63, 3.8) is 0 Å². The number of benzene rings is 1. The zero-order valence-electron chi connectivity index (χ0n) is 10.0. The molecule has 1 N–H and O–H groups in total. The molecule has 16 heavy (non-hydrogen) atoms. The molecule has 0 amide bonds. The van der Waals surface area contributed by atoms with Crippen LogP contribution in [0.4, 0.5) is 0 Å². The Morgan fingerprint density at radius 3 is 2.75 bits per heavy atom. The molecular weight excluding hydrogens is 200 g/mol. The summed E-state index contributed by atoms with van der Waals surface area (Å²) in [7, 11) is 0. The second kappa shape index (κ2) is 4.88. The van der Waals surface area contributed by atoms with E-state index >= 15 is 0 Å². The van der Waals surface area contributed by atoms with E-state index in [-0.39, 0.29) is 12.2 Å². The topological polar surface area (TPSA) is 29.5 Å². The highest BCUT2D eigenvalue weighted by Crippen LogP contribution is 2.37. The third-order valence-corrected chi connectivity index (χ3v) is 2.87. The van der Waals surface area contributed by atoms with Crippen LogP contribution < -0.4 is 4.74 Å². The van der Waals surface area contributed by atoms with Crippen molar-refractivity contribution in [2.24, 2.45) is 5.92 Å². The highest BCUT2D eigenvalue weighted by atomic mass is 16.5. The van der Waals surface area contributed by atoms with E-state index < -0.39 is 0 Å². The molecule has 1 saturated carbocycles. The first-order valence-electron chi connectivity index (χ1n) is 6.10. The molecule has 0 aliphatic heterocycles. The molecule has 2 heteroatoms. The predicted molar refractivity (Wildman–Crippen MR) is 64.5 cm³/mol. The van der Waals surface area contributed by atoms with Crippen molar-refractivity contribution in [2.75, 3.05) is 0 Å². The highest BCUT2D eigenvalue weighted by molar-refractivity contribution is 5.30. The van der Waals surface area contributed by atoms with Gasteiger partial charge in [-0.05, 0) is 43.9 Å². The summed E-state index contributed by atoms with van der Waals surface area (Å²) in [6.07, 6.45) is 3.29. The average molecular weight is 220 g/mol. The molecule has 2 nitrogen and oxygen atoms in total. The standard InChI is InChI=1S/C14H20O2/c1-10(2)16-13-5-3-4-12(9-13)14(15)8-11-6-7-11/h3-5,9-11,14-15H,6-8H2,1-2H3. The van der Waals surface area contributed by atoms with Crippen molar-refractivity contribution in [1.82, 2.24) is 0 Å². The van der Waals surface area contributed by atoms with Gasteiger partial charge in [0.15, 0.2) is 0 Å². The maximum atomic E-state index is 10.0. The van der Waals surface area contributed by atoms with Crippen LogP contribution in [0.2, 0.25) is 0 Å². The smallest absolute Gasteiger partial charge is 0.120 e. The zero-order chi connectivity index (χ0) is 11.5. The molecule has 2 rings (SSSR count). The van der Waals surface area contributed by atoms with Crippen molar-refractivity contribution in [2.45, 2.75) is 45.3 Å². The zero-order valence-corrected chi connectivity index (χ0v) is 10.0. The Labute approximate surface area is 97.3 Å². The van der Waals surface area contributed by atoms with Crippen LogP contribution in [0, 0.1) is 5.92 Å². The first kappa shape index (κ1) is 11.5. The van der Waals surface area contributed by atoms with Crippen LogP contribution in [0.25, 0.3) is 0 Å². The van der Waals surface area contributed by atoms with E-state index in [1.54, 1.807) is 0 Å². The molecule has 0 heterocycles. The Hall–Kier alpha value is -1.02. The van der Waals surface area contributed by atoms with Crippen LogP contribution in [0.15, 0.2) is 24.3 Å². The number of hydrogen-bond acceptors (Lipinski definition) is 2. The Kier molecular flexibility index (Phi) is 3.49. The van der Waals surface area contributed by atoms with Crippen LogP contribution >= 0.6 is 0 Å². The lowest BCUT2D eigenvalue weighted by Gasteiger charge is -2.14. The van der Waals surface area contributed by atoms with Gasteiger partial charge in [0.05, 0.1) is 12.2 Å². The first-order chi connectivity index (χ1) is 7.65. The summed E-state index contributed by atoms with van der Waals surface area (Å²) in [5, 5.41) is 10.0. The Balaban J connectivity index is 2.01. The molecule has 1 aliphatic carbocycles. The molecule has 1 unspecified atom stereocenters. The van der Waals surface area contributed by atoms with Crippen molar-refractivity contribution < 1.29 is 9.84 Å². The number of aliphatic hydroxyl groups is 1. The molecule has 0 aromatic heterocycles. The van der Waals surface area contributed by atoms with Gasteiger partial charge in [0, 0.05) is 0 Å². The monoisotopic (exact) mass is 220 g/mol. The molecular formula is C14H20O2. The minimum atomic E-state index is -0.330. The second-order valence-corrected chi connectivity index (χ2v) is 4.93. The first-order valence-corrected chi connectivity index (χ1v) is 6.10. The summed E-state index contributed by atoms with van der Waals surface area (Å²) < 4.78 is 5.61. The molecule has 1 atom stereocenters. The molecule has 1 aromatic rings. The van der Waals surface area contributed by atoms with E-state index in [4.69, 9.17) is 4.74 Å². The van der Waals surface area contributed by atoms with Crippen LogP contribution in [-0.2, 0) is 0 Å². The van der Waals surface area contributed by atoms with Gasteiger partial charge in [-0.25, -0.2) is 0 Å². The van der Waals surface area contributed by atoms with E-state index in [1.807, 2.05) is 38.1 Å². The van der Waals surface area contributed by atoms with Gasteiger partial charge >= 0.3 is 0 Å². The third-order valence-electron chi connectivity index (χ3n) is 2.87. The van der Waals surface area contributed by atoms with Gasteiger partial charge in [0.1, 0.15) is 5.75 Å². The number of rotatable bonds is 5. The van der Waals surface area contributed by atoms with Crippen LogP contribution in [-0.4, -0.2) is 11.2 Å². The number of hydrogen-bond donors (Lipinski definition) is 1. The summed E-state index contributed by atoms with van der Waals surface area (Å²) in [4.78, 5) is 0. The third kappa shape index (κ3) is 3.24. The molecule has 0 radical (unpaired) electrons. The van der Waals surface area contributed by atoms with Crippen LogP contribution in [0.5, 0.6) is 5.75 Å².